The molecule has 0 N–H and O–H groups in total. The summed E-state index contributed by atoms with van der Waals surface area (Å²) in [5, 5.41) is 0.695. The molecule has 7 heteroatoms. The lowest BCUT2D eigenvalue weighted by molar-refractivity contribution is -0.181. The maximum absolute atomic E-state index is 12.7. The van der Waals surface area contributed by atoms with E-state index in [-0.39, 0.29) is 34.5 Å². The summed E-state index contributed by atoms with van der Waals surface area (Å²) in [7, 11) is -3.77. The molecule has 1 saturated heterocycles. The number of hydrogen-bond acceptors (Lipinski definition) is 5. The average Bonchev–Trinajstić information content (AvgIpc) is 2.98. The lowest BCUT2D eigenvalue weighted by Gasteiger charge is -2.39. The molecule has 3 rings (SSSR count). The third-order valence-electron chi connectivity index (χ3n) is 6.97. The van der Waals surface area contributed by atoms with Crippen molar-refractivity contribution in [1.82, 2.24) is 0 Å². The molecule has 0 spiro atoms. The zero-order valence-electron chi connectivity index (χ0n) is 17.7. The van der Waals surface area contributed by atoms with Gasteiger partial charge in [0.25, 0.3) is 10.1 Å². The van der Waals surface area contributed by atoms with Crippen LogP contribution in [0.4, 0.5) is 0 Å². The summed E-state index contributed by atoms with van der Waals surface area (Å²) in [5.41, 5.74) is 0.734. The molecule has 4 atom stereocenters. The van der Waals surface area contributed by atoms with Crippen LogP contribution in [0.15, 0.2) is 29.2 Å². The van der Waals surface area contributed by atoms with Gasteiger partial charge in [-0.3, -0.25) is 4.18 Å². The van der Waals surface area contributed by atoms with Crippen molar-refractivity contribution in [1.29, 1.82) is 0 Å². The smallest absolute Gasteiger partial charge is 0.296 e. The Balaban J connectivity index is 1.64. The number of rotatable bonds is 8. The normalized spacial score (nSPS) is 33.1. The Morgan fingerprint density at radius 1 is 1.17 bits per heavy atom. The lowest BCUT2D eigenvalue weighted by atomic mass is 9.72. The van der Waals surface area contributed by atoms with E-state index < -0.39 is 10.1 Å². The summed E-state index contributed by atoms with van der Waals surface area (Å²) in [6.07, 6.45) is 4.96. The van der Waals surface area contributed by atoms with Crippen LogP contribution in [0.3, 0.4) is 0 Å². The first-order chi connectivity index (χ1) is 13.7. The van der Waals surface area contributed by atoms with Gasteiger partial charge in [0, 0.05) is 17.4 Å². The van der Waals surface area contributed by atoms with Crippen molar-refractivity contribution in [3.05, 3.63) is 29.8 Å². The fourth-order valence-electron chi connectivity index (χ4n) is 4.42. The van der Waals surface area contributed by atoms with E-state index >= 15 is 0 Å². The van der Waals surface area contributed by atoms with Crippen LogP contribution in [0, 0.1) is 23.7 Å². The van der Waals surface area contributed by atoms with Gasteiger partial charge in [-0.1, -0.05) is 47.5 Å². The van der Waals surface area contributed by atoms with E-state index in [0.29, 0.717) is 11.9 Å². The number of halogens is 1. The monoisotopic (exact) mass is 488 g/mol. The van der Waals surface area contributed by atoms with Gasteiger partial charge in [-0.2, -0.15) is 8.42 Å². The van der Waals surface area contributed by atoms with Gasteiger partial charge in [0.05, 0.1) is 18.1 Å². The summed E-state index contributed by atoms with van der Waals surface area (Å²) in [4.78, 5) is 0.207. The van der Waals surface area contributed by atoms with Crippen LogP contribution in [-0.2, 0) is 23.8 Å². The fraction of sp³-hybridized carbons (Fsp3) is 0.727. The van der Waals surface area contributed by atoms with E-state index in [1.807, 2.05) is 6.92 Å². The molecular formula is C22H33BrO5S. The molecule has 29 heavy (non-hydrogen) atoms. The van der Waals surface area contributed by atoms with Crippen LogP contribution in [0.1, 0.15) is 51.5 Å². The predicted molar refractivity (Wildman–Crippen MR) is 117 cm³/mol. The second-order valence-corrected chi connectivity index (χ2v) is 11.2. The molecule has 1 aromatic carbocycles. The predicted octanol–water partition coefficient (Wildman–Crippen LogP) is 5.06. The summed E-state index contributed by atoms with van der Waals surface area (Å²) in [6, 6.07) is 6.78. The van der Waals surface area contributed by atoms with E-state index in [0.717, 1.165) is 44.3 Å². The Labute approximate surface area is 183 Å². The Bertz CT molecular complexity index is 775. The van der Waals surface area contributed by atoms with Crippen LogP contribution in [0.2, 0.25) is 0 Å². The average molecular weight is 489 g/mol. The zero-order chi connectivity index (χ0) is 21.1. The quantitative estimate of drug-likeness (QED) is 0.377. The van der Waals surface area contributed by atoms with Gasteiger partial charge >= 0.3 is 0 Å². The van der Waals surface area contributed by atoms with E-state index in [2.05, 4.69) is 29.8 Å². The van der Waals surface area contributed by atoms with Gasteiger partial charge in [0.1, 0.15) is 0 Å². The van der Waals surface area contributed by atoms with E-state index in [9.17, 15) is 8.42 Å². The molecule has 2 fully saturated rings. The minimum atomic E-state index is -3.77. The molecule has 2 aliphatic rings. The maximum Gasteiger partial charge on any atom is 0.296 e. The number of aryl methyl sites for hydroxylation is 1. The summed E-state index contributed by atoms with van der Waals surface area (Å²) in [5.74, 6) is 0.242. The van der Waals surface area contributed by atoms with Crippen molar-refractivity contribution in [2.45, 2.75) is 64.1 Å². The zero-order valence-corrected chi connectivity index (χ0v) is 20.1. The Morgan fingerprint density at radius 2 is 1.90 bits per heavy atom. The van der Waals surface area contributed by atoms with Crippen LogP contribution in [0.5, 0.6) is 0 Å². The minimum absolute atomic E-state index is 0.0362. The molecule has 164 valence electrons. The minimum Gasteiger partial charge on any atom is -0.353 e. The standard InChI is InChI=1S/C22H33BrO5S/c1-17-7-9-19(10-8-17)29(24,25)28-16-22(14-23)12-11-21(3,18(22)2)15-27-20-6-4-5-13-26-20/h7-10,18,20H,4-6,11-16H2,1-3H3/t18-,20?,21-,22+/m1/s1. The van der Waals surface area contributed by atoms with Gasteiger partial charge in [0.2, 0.25) is 0 Å². The molecule has 5 nitrogen and oxygen atoms in total. The van der Waals surface area contributed by atoms with Crippen LogP contribution < -0.4 is 0 Å². The molecule has 1 aliphatic carbocycles. The number of alkyl halides is 1. The highest BCUT2D eigenvalue weighted by Crippen LogP contribution is 2.55. The molecule has 0 amide bonds. The second kappa shape index (κ2) is 9.35. The highest BCUT2D eigenvalue weighted by Gasteiger charge is 2.52. The molecule has 0 bridgehead atoms. The van der Waals surface area contributed by atoms with Crippen LogP contribution in [0.25, 0.3) is 0 Å². The number of hydrogen-bond donors (Lipinski definition) is 0. The third-order valence-corrected chi connectivity index (χ3v) is 9.37. The van der Waals surface area contributed by atoms with Gasteiger partial charge < -0.3 is 9.47 Å². The van der Waals surface area contributed by atoms with Crippen molar-refractivity contribution in [3.8, 4) is 0 Å². The SMILES string of the molecule is Cc1ccc(S(=O)(=O)OC[C@@]2(CBr)CC[C@](C)(COC3CCCCO3)[C@H]2C)cc1. The second-order valence-electron chi connectivity index (χ2n) is 9.01. The van der Waals surface area contributed by atoms with E-state index in [1.54, 1.807) is 24.3 Å². The molecule has 1 saturated carbocycles. The van der Waals surface area contributed by atoms with Crippen LogP contribution >= 0.6 is 15.9 Å². The molecule has 0 aromatic heterocycles. The largest absolute Gasteiger partial charge is 0.353 e. The molecule has 1 heterocycles. The molecule has 1 unspecified atom stereocenters. The topological polar surface area (TPSA) is 61.8 Å². The first kappa shape index (κ1) is 23.2. The Morgan fingerprint density at radius 3 is 2.52 bits per heavy atom. The van der Waals surface area contributed by atoms with Gasteiger partial charge in [-0.25, -0.2) is 0 Å². The third kappa shape index (κ3) is 5.24. The Hall–Kier alpha value is -0.470. The van der Waals surface area contributed by atoms with Gasteiger partial charge in [0.15, 0.2) is 6.29 Å². The Kier molecular flexibility index (Phi) is 7.48. The van der Waals surface area contributed by atoms with Crippen molar-refractivity contribution in [3.63, 3.8) is 0 Å². The highest BCUT2D eigenvalue weighted by atomic mass is 79.9. The fourth-order valence-corrected chi connectivity index (χ4v) is 6.34. The van der Waals surface area contributed by atoms with Crippen molar-refractivity contribution >= 4 is 26.0 Å². The summed E-state index contributed by atoms with van der Waals surface area (Å²) < 4.78 is 42.7. The van der Waals surface area contributed by atoms with Crippen molar-refractivity contribution < 1.29 is 22.1 Å². The first-order valence-electron chi connectivity index (χ1n) is 10.5. The summed E-state index contributed by atoms with van der Waals surface area (Å²) >= 11 is 3.65. The van der Waals surface area contributed by atoms with Gasteiger partial charge in [-0.05, 0) is 62.5 Å². The van der Waals surface area contributed by atoms with Gasteiger partial charge in [-0.15, -0.1) is 0 Å². The highest BCUT2D eigenvalue weighted by molar-refractivity contribution is 9.09. The van der Waals surface area contributed by atoms with E-state index in [1.165, 1.54) is 0 Å². The molecule has 1 aliphatic heterocycles. The first-order valence-corrected chi connectivity index (χ1v) is 13.0. The summed E-state index contributed by atoms with van der Waals surface area (Å²) in [6.45, 7) is 7.93. The number of benzene rings is 1. The lowest BCUT2D eigenvalue weighted by Crippen LogP contribution is -2.40. The van der Waals surface area contributed by atoms with Crippen LogP contribution in [-0.4, -0.2) is 39.9 Å². The van der Waals surface area contributed by atoms with E-state index in [4.69, 9.17) is 13.7 Å². The van der Waals surface area contributed by atoms with Crippen molar-refractivity contribution in [2.24, 2.45) is 16.7 Å². The molecule has 1 aromatic rings. The number of ether oxygens (including phenoxy) is 2. The molecule has 0 radical (unpaired) electrons. The molecular weight excluding hydrogens is 456 g/mol. The van der Waals surface area contributed by atoms with Crippen molar-refractivity contribution in [2.75, 3.05) is 25.2 Å². The maximum atomic E-state index is 12.7.